The van der Waals surface area contributed by atoms with Crippen molar-refractivity contribution < 1.29 is 8.42 Å². The van der Waals surface area contributed by atoms with Crippen LogP contribution >= 0.6 is 11.6 Å². The van der Waals surface area contributed by atoms with Gasteiger partial charge >= 0.3 is 0 Å². The molecule has 218 valence electrons. The molecule has 2 aliphatic heterocycles. The Morgan fingerprint density at radius 3 is 2.62 bits per heavy atom. The van der Waals surface area contributed by atoms with Crippen LogP contribution in [0.1, 0.15) is 30.0 Å². The average molecular weight is 605 g/mol. The highest BCUT2D eigenvalue weighted by Gasteiger charge is 2.36. The molecule has 6 rings (SSSR count). The van der Waals surface area contributed by atoms with Crippen LogP contribution in [-0.2, 0) is 16.6 Å². The minimum absolute atomic E-state index is 0.142. The summed E-state index contributed by atoms with van der Waals surface area (Å²) in [6.45, 7) is 10.3. The number of halogens is 1. The quantitative estimate of drug-likeness (QED) is 0.278. The van der Waals surface area contributed by atoms with Gasteiger partial charge in [0.15, 0.2) is 17.0 Å². The van der Waals surface area contributed by atoms with Crippen molar-refractivity contribution in [3.8, 4) is 0 Å². The summed E-state index contributed by atoms with van der Waals surface area (Å²) < 4.78 is 30.5. The first-order chi connectivity index (χ1) is 20.3. The summed E-state index contributed by atoms with van der Waals surface area (Å²) in [7, 11) is -2.19. The summed E-state index contributed by atoms with van der Waals surface area (Å²) in [5.41, 5.74) is 3.77. The van der Waals surface area contributed by atoms with Crippen molar-refractivity contribution in [2.75, 3.05) is 41.2 Å². The second-order valence-electron chi connectivity index (χ2n) is 10.5. The van der Waals surface area contributed by atoms with Crippen LogP contribution in [0.15, 0.2) is 79.0 Å². The standard InChI is InChI=1S/C30H33ClN8O2S/c1-4-14-32-30-35-28(27-29(36-30)39(15-5-2)19-33-27)38-16-12-21(13-17-38)34-26-22-8-6-7-9-24(22)37(3)42(40,41)25-18-20(31)10-11-23(25)26/h4-11,18-19,21,26,34H,1-2,12-17H2,3H3,(H,32,35,36). The number of para-hydroxylation sites is 1. The van der Waals surface area contributed by atoms with Gasteiger partial charge in [0.1, 0.15) is 0 Å². The number of anilines is 3. The van der Waals surface area contributed by atoms with Crippen molar-refractivity contribution in [2.45, 2.75) is 36.4 Å². The number of imidazole rings is 1. The summed E-state index contributed by atoms with van der Waals surface area (Å²) in [4.78, 5) is 16.6. The fourth-order valence-corrected chi connectivity index (χ4v) is 7.49. The number of nitrogens with zero attached hydrogens (tertiary/aromatic N) is 6. The van der Waals surface area contributed by atoms with E-state index in [1.807, 2.05) is 41.0 Å². The molecule has 2 N–H and O–H groups in total. The number of rotatable bonds is 8. The molecule has 4 heterocycles. The van der Waals surface area contributed by atoms with Crippen LogP contribution in [0.5, 0.6) is 0 Å². The average Bonchev–Trinajstić information content (AvgIpc) is 3.39. The molecule has 0 spiro atoms. The van der Waals surface area contributed by atoms with Gasteiger partial charge in [0.05, 0.1) is 23.0 Å². The normalized spacial score (nSPS) is 18.3. The van der Waals surface area contributed by atoms with E-state index in [4.69, 9.17) is 21.6 Å². The molecule has 1 saturated heterocycles. The topological polar surface area (TPSA) is 108 Å². The summed E-state index contributed by atoms with van der Waals surface area (Å²) in [6.07, 6.45) is 7.02. The molecule has 0 aliphatic carbocycles. The number of benzene rings is 2. The molecule has 2 aromatic carbocycles. The largest absolute Gasteiger partial charge is 0.354 e. The fraction of sp³-hybridized carbons (Fsp3) is 0.300. The first-order valence-electron chi connectivity index (χ1n) is 13.9. The summed E-state index contributed by atoms with van der Waals surface area (Å²) >= 11 is 6.29. The van der Waals surface area contributed by atoms with Gasteiger partial charge in [-0.2, -0.15) is 9.97 Å². The zero-order valence-corrected chi connectivity index (χ0v) is 24.9. The van der Waals surface area contributed by atoms with Gasteiger partial charge in [0.25, 0.3) is 10.0 Å². The van der Waals surface area contributed by atoms with Gasteiger partial charge in [-0.25, -0.2) is 13.4 Å². The lowest BCUT2D eigenvalue weighted by Gasteiger charge is -2.35. The lowest BCUT2D eigenvalue weighted by molar-refractivity contribution is 0.388. The molecule has 12 heteroatoms. The Morgan fingerprint density at radius 2 is 1.86 bits per heavy atom. The van der Waals surface area contributed by atoms with E-state index in [2.05, 4.69) is 33.7 Å². The van der Waals surface area contributed by atoms with E-state index in [1.54, 1.807) is 31.6 Å². The van der Waals surface area contributed by atoms with E-state index in [0.717, 1.165) is 48.5 Å². The van der Waals surface area contributed by atoms with Crippen LogP contribution in [0.25, 0.3) is 11.2 Å². The Labute approximate surface area is 250 Å². The summed E-state index contributed by atoms with van der Waals surface area (Å²) in [5, 5.41) is 7.41. The number of allylic oxidation sites excluding steroid dienone is 1. The molecule has 0 radical (unpaired) electrons. The number of sulfonamides is 1. The van der Waals surface area contributed by atoms with Gasteiger partial charge in [0.2, 0.25) is 5.95 Å². The van der Waals surface area contributed by atoms with Gasteiger partial charge in [-0.05, 0) is 42.2 Å². The van der Waals surface area contributed by atoms with Gasteiger partial charge in [-0.15, -0.1) is 13.2 Å². The summed E-state index contributed by atoms with van der Waals surface area (Å²) in [5.74, 6) is 1.32. The maximum absolute atomic E-state index is 13.6. The number of fused-ring (bicyclic) bond motifs is 3. The van der Waals surface area contributed by atoms with Crippen molar-refractivity contribution in [1.82, 2.24) is 24.8 Å². The van der Waals surface area contributed by atoms with Crippen LogP contribution in [0.2, 0.25) is 5.02 Å². The molecule has 0 amide bonds. The number of hydrogen-bond acceptors (Lipinski definition) is 8. The molecule has 2 aliphatic rings. The maximum Gasteiger partial charge on any atom is 0.264 e. The molecule has 0 saturated carbocycles. The molecular weight excluding hydrogens is 572 g/mol. The fourth-order valence-electron chi connectivity index (χ4n) is 5.77. The van der Waals surface area contributed by atoms with E-state index in [0.29, 0.717) is 35.3 Å². The maximum atomic E-state index is 13.6. The Kier molecular flexibility index (Phi) is 7.65. The Morgan fingerprint density at radius 1 is 1.07 bits per heavy atom. The molecule has 42 heavy (non-hydrogen) atoms. The third-order valence-electron chi connectivity index (χ3n) is 7.88. The molecule has 1 fully saturated rings. The van der Waals surface area contributed by atoms with Crippen LogP contribution in [-0.4, -0.2) is 60.7 Å². The number of piperidine rings is 1. The van der Waals surface area contributed by atoms with E-state index in [-0.39, 0.29) is 17.0 Å². The Hall–Kier alpha value is -3.93. The van der Waals surface area contributed by atoms with Crippen molar-refractivity contribution in [2.24, 2.45) is 0 Å². The minimum Gasteiger partial charge on any atom is -0.354 e. The zero-order valence-electron chi connectivity index (χ0n) is 23.4. The predicted octanol–water partition coefficient (Wildman–Crippen LogP) is 4.75. The second kappa shape index (κ2) is 11.4. The molecule has 1 atom stereocenters. The van der Waals surface area contributed by atoms with Gasteiger partial charge in [0, 0.05) is 44.3 Å². The van der Waals surface area contributed by atoms with Crippen LogP contribution < -0.4 is 19.8 Å². The van der Waals surface area contributed by atoms with E-state index in [9.17, 15) is 8.42 Å². The van der Waals surface area contributed by atoms with Crippen molar-refractivity contribution in [3.05, 3.63) is 90.3 Å². The smallest absolute Gasteiger partial charge is 0.264 e. The molecule has 4 aromatic rings. The molecule has 1 unspecified atom stereocenters. The summed E-state index contributed by atoms with van der Waals surface area (Å²) in [6, 6.07) is 12.6. The first kappa shape index (κ1) is 28.2. The van der Waals surface area contributed by atoms with Crippen LogP contribution in [0.3, 0.4) is 0 Å². The van der Waals surface area contributed by atoms with Crippen LogP contribution in [0, 0.1) is 0 Å². The SMILES string of the molecule is C=CCNc1nc(N2CCC(NC3c4ccccc4N(C)S(=O)(=O)c4cc(Cl)ccc43)CC2)c2ncn(CC=C)c2n1. The highest BCUT2D eigenvalue weighted by atomic mass is 35.5. The van der Waals surface area contributed by atoms with Gasteiger partial charge < -0.3 is 20.1 Å². The number of hydrogen-bond donors (Lipinski definition) is 2. The molecule has 10 nitrogen and oxygen atoms in total. The second-order valence-corrected chi connectivity index (χ2v) is 12.8. The third-order valence-corrected chi connectivity index (χ3v) is 9.95. The number of nitrogens with one attached hydrogen (secondary N) is 2. The highest BCUT2D eigenvalue weighted by Crippen LogP contribution is 2.41. The van der Waals surface area contributed by atoms with E-state index >= 15 is 0 Å². The lowest BCUT2D eigenvalue weighted by Crippen LogP contribution is -2.44. The molecule has 2 aromatic heterocycles. The van der Waals surface area contributed by atoms with Crippen LogP contribution in [0.4, 0.5) is 17.5 Å². The van der Waals surface area contributed by atoms with E-state index in [1.165, 1.54) is 4.31 Å². The monoisotopic (exact) mass is 604 g/mol. The minimum atomic E-state index is -3.79. The Bertz CT molecular complexity index is 1760. The van der Waals surface area contributed by atoms with Crippen molar-refractivity contribution in [3.63, 3.8) is 0 Å². The zero-order chi connectivity index (χ0) is 29.4. The van der Waals surface area contributed by atoms with Crippen molar-refractivity contribution in [1.29, 1.82) is 0 Å². The number of aromatic nitrogens is 4. The first-order valence-corrected chi connectivity index (χ1v) is 15.7. The van der Waals surface area contributed by atoms with Gasteiger partial charge in [-0.1, -0.05) is 48.0 Å². The molecular formula is C30H33ClN8O2S. The highest BCUT2D eigenvalue weighted by molar-refractivity contribution is 7.92. The predicted molar refractivity (Wildman–Crippen MR) is 168 cm³/mol. The van der Waals surface area contributed by atoms with Gasteiger partial charge in [-0.3, -0.25) is 4.31 Å². The van der Waals surface area contributed by atoms with Crippen molar-refractivity contribution >= 4 is 50.2 Å². The molecule has 0 bridgehead atoms. The van der Waals surface area contributed by atoms with E-state index < -0.39 is 10.0 Å². The lowest BCUT2D eigenvalue weighted by atomic mass is 9.94. The third kappa shape index (κ3) is 5.01. The Balaban J connectivity index is 1.29.